The number of nitrogens with two attached hydrogens (primary N) is 1. The lowest BCUT2D eigenvalue weighted by molar-refractivity contribution is -0.123. The summed E-state index contributed by atoms with van der Waals surface area (Å²) in [4.78, 5) is 12.0. The highest BCUT2D eigenvalue weighted by molar-refractivity contribution is 5.81. The number of carbonyl (C=O) groups is 1. The van der Waals surface area contributed by atoms with Crippen LogP contribution in [-0.4, -0.2) is 25.3 Å². The first-order chi connectivity index (χ1) is 10.6. The molecule has 3 N–H and O–H groups in total. The molecule has 22 heavy (non-hydrogen) atoms. The van der Waals surface area contributed by atoms with Gasteiger partial charge in [-0.05, 0) is 17.9 Å². The molecule has 1 amide bonds. The van der Waals surface area contributed by atoms with E-state index in [0.717, 1.165) is 12.2 Å². The molecule has 0 bridgehead atoms. The normalized spacial score (nSPS) is 16.5. The third-order valence-electron chi connectivity index (χ3n) is 3.76. The topological polar surface area (TPSA) is 73.6 Å². The summed E-state index contributed by atoms with van der Waals surface area (Å²) in [6.45, 7) is 4.58. The molecule has 1 heterocycles. The summed E-state index contributed by atoms with van der Waals surface area (Å²) in [7, 11) is 0. The molecule has 5 heteroatoms. The quantitative estimate of drug-likeness (QED) is 0.805. The molecule has 2 rings (SSSR count). The van der Waals surface area contributed by atoms with Crippen molar-refractivity contribution in [1.82, 2.24) is 5.32 Å². The fourth-order valence-corrected chi connectivity index (χ4v) is 2.28. The van der Waals surface area contributed by atoms with Crippen LogP contribution in [0.5, 0.6) is 0 Å². The predicted molar refractivity (Wildman–Crippen MR) is 84.6 cm³/mol. The first kappa shape index (κ1) is 16.4. The summed E-state index contributed by atoms with van der Waals surface area (Å²) >= 11 is 0. The minimum Gasteiger partial charge on any atom is -0.462 e. The van der Waals surface area contributed by atoms with Crippen LogP contribution in [0.25, 0.3) is 0 Å². The molecule has 120 valence electrons. The van der Waals surface area contributed by atoms with Crippen LogP contribution in [0.1, 0.15) is 19.4 Å². The summed E-state index contributed by atoms with van der Waals surface area (Å²) in [5.74, 6) is 0.779. The third kappa shape index (κ3) is 4.49. The maximum absolute atomic E-state index is 12.0. The third-order valence-corrected chi connectivity index (χ3v) is 3.76. The molecular weight excluding hydrogens is 280 g/mol. The van der Waals surface area contributed by atoms with Crippen LogP contribution in [0.2, 0.25) is 0 Å². The summed E-state index contributed by atoms with van der Waals surface area (Å²) in [5.41, 5.74) is 7.06. The molecule has 2 atom stereocenters. The Balaban J connectivity index is 1.98. The molecule has 1 aromatic rings. The van der Waals surface area contributed by atoms with Crippen LogP contribution in [0.4, 0.5) is 0 Å². The SMILES string of the molecule is CC(C)C(N)C(=O)NCC(Cc1ccccc1)C1=COCO1. The Morgan fingerprint density at radius 2 is 2.05 bits per heavy atom. The maximum Gasteiger partial charge on any atom is 0.237 e. The lowest BCUT2D eigenvalue weighted by atomic mass is 9.97. The van der Waals surface area contributed by atoms with E-state index in [1.807, 2.05) is 32.0 Å². The molecule has 0 saturated carbocycles. The Hall–Kier alpha value is -2.01. The van der Waals surface area contributed by atoms with Gasteiger partial charge in [0.25, 0.3) is 0 Å². The van der Waals surface area contributed by atoms with Crippen LogP contribution in [0.3, 0.4) is 0 Å². The number of amides is 1. The molecule has 0 saturated heterocycles. The zero-order chi connectivity index (χ0) is 15.9. The lowest BCUT2D eigenvalue weighted by Gasteiger charge is -2.20. The Morgan fingerprint density at radius 3 is 2.64 bits per heavy atom. The minimum atomic E-state index is -0.493. The van der Waals surface area contributed by atoms with Gasteiger partial charge in [0, 0.05) is 12.5 Å². The van der Waals surface area contributed by atoms with E-state index in [2.05, 4.69) is 17.4 Å². The number of hydrogen-bond donors (Lipinski definition) is 2. The molecule has 0 spiro atoms. The number of carbonyl (C=O) groups excluding carboxylic acids is 1. The van der Waals surface area contributed by atoms with Crippen molar-refractivity contribution in [1.29, 1.82) is 0 Å². The maximum atomic E-state index is 12.0. The number of ether oxygens (including phenoxy) is 2. The Kier molecular flexibility index (Phi) is 5.83. The van der Waals surface area contributed by atoms with Gasteiger partial charge in [-0.15, -0.1) is 0 Å². The Morgan fingerprint density at radius 1 is 1.32 bits per heavy atom. The van der Waals surface area contributed by atoms with Gasteiger partial charge in [0.15, 0.2) is 0 Å². The molecule has 0 aliphatic carbocycles. The van der Waals surface area contributed by atoms with Gasteiger partial charge in [-0.2, -0.15) is 0 Å². The second-order valence-corrected chi connectivity index (χ2v) is 5.85. The molecule has 0 fully saturated rings. The average Bonchev–Trinajstić information content (AvgIpc) is 3.05. The summed E-state index contributed by atoms with van der Waals surface area (Å²) in [6, 6.07) is 9.61. The number of benzene rings is 1. The summed E-state index contributed by atoms with van der Waals surface area (Å²) < 4.78 is 10.6. The van der Waals surface area contributed by atoms with Crippen molar-refractivity contribution in [2.24, 2.45) is 17.6 Å². The predicted octanol–water partition coefficient (Wildman–Crippen LogP) is 1.79. The Bertz CT molecular complexity index is 514. The van der Waals surface area contributed by atoms with Gasteiger partial charge in [0.05, 0.1) is 6.04 Å². The molecule has 2 unspecified atom stereocenters. The largest absolute Gasteiger partial charge is 0.462 e. The van der Waals surface area contributed by atoms with Crippen molar-refractivity contribution in [2.45, 2.75) is 26.3 Å². The lowest BCUT2D eigenvalue weighted by Crippen LogP contribution is -2.45. The van der Waals surface area contributed by atoms with Gasteiger partial charge in [0.2, 0.25) is 12.7 Å². The average molecular weight is 304 g/mol. The molecule has 5 nitrogen and oxygen atoms in total. The van der Waals surface area contributed by atoms with E-state index in [1.165, 1.54) is 5.56 Å². The Labute approximate surface area is 131 Å². The van der Waals surface area contributed by atoms with E-state index in [4.69, 9.17) is 15.2 Å². The first-order valence-electron chi connectivity index (χ1n) is 7.59. The smallest absolute Gasteiger partial charge is 0.237 e. The van der Waals surface area contributed by atoms with E-state index in [0.29, 0.717) is 6.54 Å². The highest BCUT2D eigenvalue weighted by Crippen LogP contribution is 2.21. The van der Waals surface area contributed by atoms with Crippen LogP contribution in [-0.2, 0) is 20.7 Å². The van der Waals surface area contributed by atoms with Gasteiger partial charge < -0.3 is 20.5 Å². The van der Waals surface area contributed by atoms with Crippen LogP contribution < -0.4 is 11.1 Å². The number of nitrogens with one attached hydrogen (secondary N) is 1. The van der Waals surface area contributed by atoms with E-state index >= 15 is 0 Å². The minimum absolute atomic E-state index is 0.0354. The van der Waals surface area contributed by atoms with E-state index in [1.54, 1.807) is 6.26 Å². The van der Waals surface area contributed by atoms with Crippen molar-refractivity contribution >= 4 is 5.91 Å². The van der Waals surface area contributed by atoms with Crippen molar-refractivity contribution in [3.05, 3.63) is 47.9 Å². The fourth-order valence-electron chi connectivity index (χ4n) is 2.28. The highest BCUT2D eigenvalue weighted by atomic mass is 16.7. The van der Waals surface area contributed by atoms with Crippen molar-refractivity contribution in [3.63, 3.8) is 0 Å². The van der Waals surface area contributed by atoms with Crippen molar-refractivity contribution < 1.29 is 14.3 Å². The van der Waals surface area contributed by atoms with Crippen molar-refractivity contribution in [3.8, 4) is 0 Å². The second kappa shape index (κ2) is 7.84. The highest BCUT2D eigenvalue weighted by Gasteiger charge is 2.23. The van der Waals surface area contributed by atoms with Crippen molar-refractivity contribution in [2.75, 3.05) is 13.3 Å². The van der Waals surface area contributed by atoms with E-state index < -0.39 is 6.04 Å². The summed E-state index contributed by atoms with van der Waals surface area (Å²) in [6.07, 6.45) is 2.40. The number of hydrogen-bond acceptors (Lipinski definition) is 4. The van der Waals surface area contributed by atoms with E-state index in [9.17, 15) is 4.79 Å². The monoisotopic (exact) mass is 304 g/mol. The molecule has 1 aliphatic rings. The zero-order valence-corrected chi connectivity index (χ0v) is 13.1. The zero-order valence-electron chi connectivity index (χ0n) is 13.1. The van der Waals surface area contributed by atoms with Gasteiger partial charge in [-0.1, -0.05) is 44.2 Å². The second-order valence-electron chi connectivity index (χ2n) is 5.85. The van der Waals surface area contributed by atoms with Gasteiger partial charge in [-0.3, -0.25) is 4.79 Å². The molecule has 0 aromatic heterocycles. The van der Waals surface area contributed by atoms with E-state index in [-0.39, 0.29) is 24.5 Å². The molecular formula is C17H24N2O3. The summed E-state index contributed by atoms with van der Waals surface area (Å²) in [5, 5.41) is 2.92. The fraction of sp³-hybridized carbons (Fsp3) is 0.471. The van der Waals surface area contributed by atoms with Gasteiger partial charge >= 0.3 is 0 Å². The molecule has 1 aliphatic heterocycles. The molecule has 0 radical (unpaired) electrons. The van der Waals surface area contributed by atoms with Crippen LogP contribution in [0, 0.1) is 11.8 Å². The van der Waals surface area contributed by atoms with Gasteiger partial charge in [0.1, 0.15) is 12.0 Å². The standard InChI is InChI=1S/C17H24N2O3/c1-12(2)16(18)17(20)19-9-14(15-10-21-11-22-15)8-13-6-4-3-5-7-13/h3-7,10,12,14,16H,8-9,11,18H2,1-2H3,(H,19,20). The van der Waals surface area contributed by atoms with Crippen LogP contribution >= 0.6 is 0 Å². The number of rotatable bonds is 7. The van der Waals surface area contributed by atoms with Gasteiger partial charge in [-0.25, -0.2) is 0 Å². The van der Waals surface area contributed by atoms with Crippen LogP contribution in [0.15, 0.2) is 42.4 Å². The first-order valence-corrected chi connectivity index (χ1v) is 7.59. The molecule has 1 aromatic carbocycles.